The van der Waals surface area contributed by atoms with Gasteiger partial charge in [-0.3, -0.25) is 0 Å². The Labute approximate surface area is 90.8 Å². The van der Waals surface area contributed by atoms with Gasteiger partial charge in [-0.05, 0) is 25.2 Å². The van der Waals surface area contributed by atoms with Gasteiger partial charge in [-0.15, -0.1) is 11.6 Å². The van der Waals surface area contributed by atoms with E-state index in [4.69, 9.17) is 11.6 Å². The molecule has 84 valence electrons. The molecule has 1 rings (SSSR count). The van der Waals surface area contributed by atoms with Gasteiger partial charge < -0.3 is 0 Å². The van der Waals surface area contributed by atoms with Gasteiger partial charge in [0.15, 0.2) is 0 Å². The SMILES string of the molecule is CN(C)S(=O)(=O)NCC1CCC(Cl)C1. The zero-order chi connectivity index (χ0) is 10.8. The Balaban J connectivity index is 2.34. The van der Waals surface area contributed by atoms with Crippen LogP contribution >= 0.6 is 11.6 Å². The zero-order valence-electron chi connectivity index (χ0n) is 8.53. The lowest BCUT2D eigenvalue weighted by atomic mass is 10.1. The van der Waals surface area contributed by atoms with Crippen molar-refractivity contribution in [2.75, 3.05) is 20.6 Å². The van der Waals surface area contributed by atoms with Crippen LogP contribution in [-0.2, 0) is 10.2 Å². The van der Waals surface area contributed by atoms with E-state index in [1.165, 1.54) is 18.4 Å². The molecule has 2 unspecified atom stereocenters. The summed E-state index contributed by atoms with van der Waals surface area (Å²) < 4.78 is 26.4. The molecule has 0 aromatic heterocycles. The van der Waals surface area contributed by atoms with Crippen molar-refractivity contribution in [3.05, 3.63) is 0 Å². The second-order valence-electron chi connectivity index (χ2n) is 3.91. The number of hydrogen-bond donors (Lipinski definition) is 1. The average Bonchev–Trinajstić information content (AvgIpc) is 2.48. The van der Waals surface area contributed by atoms with Gasteiger partial charge in [-0.2, -0.15) is 12.7 Å². The molecule has 1 fully saturated rings. The van der Waals surface area contributed by atoms with Crippen molar-refractivity contribution in [2.45, 2.75) is 24.6 Å². The smallest absolute Gasteiger partial charge is 0.202 e. The molecule has 6 heteroatoms. The second kappa shape index (κ2) is 4.79. The topological polar surface area (TPSA) is 49.4 Å². The van der Waals surface area contributed by atoms with E-state index in [9.17, 15) is 8.42 Å². The van der Waals surface area contributed by atoms with E-state index in [1.807, 2.05) is 0 Å². The summed E-state index contributed by atoms with van der Waals surface area (Å²) in [5.41, 5.74) is 0. The molecule has 0 bridgehead atoms. The Bertz CT molecular complexity index is 279. The van der Waals surface area contributed by atoms with Crippen LogP contribution in [0.2, 0.25) is 0 Å². The summed E-state index contributed by atoms with van der Waals surface area (Å²) in [6, 6.07) is 0. The standard InChI is InChI=1S/C8H17ClN2O2S/c1-11(2)14(12,13)10-6-7-3-4-8(9)5-7/h7-8,10H,3-6H2,1-2H3. The number of alkyl halides is 1. The molecule has 0 aliphatic heterocycles. The Hall–Kier alpha value is 0.160. The fraction of sp³-hybridized carbons (Fsp3) is 1.00. The van der Waals surface area contributed by atoms with E-state index in [0.717, 1.165) is 19.3 Å². The van der Waals surface area contributed by atoms with E-state index < -0.39 is 10.2 Å². The molecule has 0 aromatic carbocycles. The summed E-state index contributed by atoms with van der Waals surface area (Å²) in [5.74, 6) is 0.396. The fourth-order valence-corrected chi connectivity index (χ4v) is 2.63. The van der Waals surface area contributed by atoms with Gasteiger partial charge in [0.25, 0.3) is 10.2 Å². The van der Waals surface area contributed by atoms with Gasteiger partial charge in [0.05, 0.1) is 0 Å². The highest BCUT2D eigenvalue weighted by molar-refractivity contribution is 7.87. The molecule has 1 aliphatic carbocycles. The van der Waals surface area contributed by atoms with Crippen molar-refractivity contribution < 1.29 is 8.42 Å². The van der Waals surface area contributed by atoms with E-state index in [2.05, 4.69) is 4.72 Å². The molecule has 1 aliphatic rings. The molecule has 0 saturated heterocycles. The molecule has 4 nitrogen and oxygen atoms in total. The molecule has 0 aromatic rings. The average molecular weight is 241 g/mol. The minimum absolute atomic E-state index is 0.226. The minimum Gasteiger partial charge on any atom is -0.202 e. The summed E-state index contributed by atoms with van der Waals surface area (Å²) in [6.07, 6.45) is 2.93. The highest BCUT2D eigenvalue weighted by Gasteiger charge is 2.24. The van der Waals surface area contributed by atoms with Crippen LogP contribution in [-0.4, -0.2) is 38.7 Å². The van der Waals surface area contributed by atoms with Crippen molar-refractivity contribution in [2.24, 2.45) is 5.92 Å². The van der Waals surface area contributed by atoms with Crippen LogP contribution in [0.25, 0.3) is 0 Å². The quantitative estimate of drug-likeness (QED) is 0.739. The summed E-state index contributed by atoms with van der Waals surface area (Å²) in [4.78, 5) is 0. The molecule has 0 heterocycles. The largest absolute Gasteiger partial charge is 0.278 e. The second-order valence-corrected chi connectivity index (χ2v) is 6.50. The highest BCUT2D eigenvalue weighted by Crippen LogP contribution is 2.28. The van der Waals surface area contributed by atoms with Gasteiger partial charge >= 0.3 is 0 Å². The van der Waals surface area contributed by atoms with Crippen molar-refractivity contribution >= 4 is 21.8 Å². The first-order chi connectivity index (χ1) is 6.42. The van der Waals surface area contributed by atoms with Gasteiger partial charge in [-0.1, -0.05) is 0 Å². The van der Waals surface area contributed by atoms with Crippen LogP contribution < -0.4 is 4.72 Å². The summed E-state index contributed by atoms with van der Waals surface area (Å²) in [6.45, 7) is 0.504. The predicted molar refractivity (Wildman–Crippen MR) is 57.6 cm³/mol. The Morgan fingerprint density at radius 2 is 2.07 bits per heavy atom. The van der Waals surface area contributed by atoms with Crippen LogP contribution in [0.15, 0.2) is 0 Å². The van der Waals surface area contributed by atoms with Gasteiger partial charge in [0.1, 0.15) is 0 Å². The Kier molecular flexibility index (Phi) is 4.18. The first-order valence-electron chi connectivity index (χ1n) is 4.73. The van der Waals surface area contributed by atoms with E-state index >= 15 is 0 Å². The third kappa shape index (κ3) is 3.38. The predicted octanol–water partition coefficient (Wildman–Crippen LogP) is 0.790. The zero-order valence-corrected chi connectivity index (χ0v) is 10.1. The third-order valence-corrected chi connectivity index (χ3v) is 4.40. The Morgan fingerprint density at radius 1 is 1.43 bits per heavy atom. The summed E-state index contributed by atoms with van der Waals surface area (Å²) in [7, 11) is -0.232. The van der Waals surface area contributed by atoms with Crippen molar-refractivity contribution in [1.82, 2.24) is 9.03 Å². The van der Waals surface area contributed by atoms with E-state index in [-0.39, 0.29) is 5.38 Å². The highest BCUT2D eigenvalue weighted by atomic mass is 35.5. The maximum atomic E-state index is 11.4. The number of hydrogen-bond acceptors (Lipinski definition) is 2. The lowest BCUT2D eigenvalue weighted by molar-refractivity contribution is 0.479. The van der Waals surface area contributed by atoms with E-state index in [0.29, 0.717) is 12.5 Å². The van der Waals surface area contributed by atoms with Gasteiger partial charge in [0.2, 0.25) is 0 Å². The van der Waals surface area contributed by atoms with E-state index in [1.54, 1.807) is 0 Å². The maximum absolute atomic E-state index is 11.4. The molecule has 1 N–H and O–H groups in total. The fourth-order valence-electron chi connectivity index (χ4n) is 1.55. The number of nitrogens with one attached hydrogen (secondary N) is 1. The van der Waals surface area contributed by atoms with Gasteiger partial charge in [0, 0.05) is 26.0 Å². The molecular formula is C8H17ClN2O2S. The maximum Gasteiger partial charge on any atom is 0.278 e. The molecule has 0 amide bonds. The first-order valence-corrected chi connectivity index (χ1v) is 6.60. The molecule has 0 spiro atoms. The summed E-state index contributed by atoms with van der Waals surface area (Å²) >= 11 is 5.93. The van der Waals surface area contributed by atoms with Crippen molar-refractivity contribution in [3.63, 3.8) is 0 Å². The van der Waals surface area contributed by atoms with Gasteiger partial charge in [-0.25, -0.2) is 4.72 Å². The monoisotopic (exact) mass is 240 g/mol. The minimum atomic E-state index is -3.26. The molecule has 2 atom stereocenters. The molecule has 0 radical (unpaired) electrons. The van der Waals surface area contributed by atoms with Crippen LogP contribution in [0.4, 0.5) is 0 Å². The molecule has 14 heavy (non-hydrogen) atoms. The summed E-state index contributed by atoms with van der Waals surface area (Å²) in [5, 5.41) is 0.226. The van der Waals surface area contributed by atoms with Crippen LogP contribution in [0, 0.1) is 5.92 Å². The molecule has 1 saturated carbocycles. The Morgan fingerprint density at radius 3 is 2.50 bits per heavy atom. The lowest BCUT2D eigenvalue weighted by Crippen LogP contribution is -2.38. The first kappa shape index (κ1) is 12.2. The normalized spacial score (nSPS) is 28.6. The van der Waals surface area contributed by atoms with Crippen LogP contribution in [0.1, 0.15) is 19.3 Å². The number of halogens is 1. The van der Waals surface area contributed by atoms with Crippen molar-refractivity contribution in [1.29, 1.82) is 0 Å². The van der Waals surface area contributed by atoms with Crippen LogP contribution in [0.3, 0.4) is 0 Å². The van der Waals surface area contributed by atoms with Crippen molar-refractivity contribution in [3.8, 4) is 0 Å². The lowest BCUT2D eigenvalue weighted by Gasteiger charge is -2.15. The number of nitrogens with zero attached hydrogens (tertiary/aromatic N) is 1. The van der Waals surface area contributed by atoms with Crippen LogP contribution in [0.5, 0.6) is 0 Å². The number of rotatable bonds is 4. The third-order valence-electron chi connectivity index (χ3n) is 2.51. The molecular weight excluding hydrogens is 224 g/mol.